The van der Waals surface area contributed by atoms with Crippen molar-refractivity contribution in [3.63, 3.8) is 0 Å². The molecule has 0 aliphatic heterocycles. The number of hydrogen-bond donors (Lipinski definition) is 2. The van der Waals surface area contributed by atoms with Gasteiger partial charge < -0.3 is 5.32 Å². The van der Waals surface area contributed by atoms with Gasteiger partial charge in [-0.3, -0.25) is 4.79 Å². The van der Waals surface area contributed by atoms with Gasteiger partial charge in [-0.2, -0.15) is 0 Å². The third-order valence-corrected chi connectivity index (χ3v) is 5.65. The lowest BCUT2D eigenvalue weighted by molar-refractivity contribution is -0.114. The van der Waals surface area contributed by atoms with Crippen LogP contribution in [0.4, 0.5) is 5.69 Å². The van der Waals surface area contributed by atoms with Gasteiger partial charge in [-0.15, -0.1) is 11.3 Å². The van der Waals surface area contributed by atoms with Gasteiger partial charge in [-0.25, -0.2) is 13.1 Å². The normalized spacial score (nSPS) is 11.4. The molecular weight excluding hydrogens is 320 g/mol. The second-order valence-corrected chi connectivity index (χ2v) is 8.18. The summed E-state index contributed by atoms with van der Waals surface area (Å²) in [6.45, 7) is 5.33. The summed E-state index contributed by atoms with van der Waals surface area (Å²) in [6.07, 6.45) is 0. The first kappa shape index (κ1) is 16.7. The van der Waals surface area contributed by atoms with Gasteiger partial charge >= 0.3 is 0 Å². The van der Waals surface area contributed by atoms with Crippen LogP contribution in [-0.2, 0) is 21.4 Å². The van der Waals surface area contributed by atoms with Crippen LogP contribution in [0.1, 0.15) is 22.2 Å². The molecule has 0 radical (unpaired) electrons. The summed E-state index contributed by atoms with van der Waals surface area (Å²) in [7, 11) is -3.51. The van der Waals surface area contributed by atoms with Gasteiger partial charge in [0.1, 0.15) is 0 Å². The molecule has 0 aliphatic carbocycles. The van der Waals surface area contributed by atoms with Gasteiger partial charge in [-0.05, 0) is 37.6 Å². The largest absolute Gasteiger partial charge is 0.326 e. The Labute approximate surface area is 134 Å². The fourth-order valence-electron chi connectivity index (χ4n) is 2.04. The van der Waals surface area contributed by atoms with E-state index in [1.54, 1.807) is 37.3 Å². The predicted molar refractivity (Wildman–Crippen MR) is 88.6 cm³/mol. The molecule has 0 saturated carbocycles. The Morgan fingerprint density at radius 1 is 1.18 bits per heavy atom. The van der Waals surface area contributed by atoms with Crippen LogP contribution in [-0.4, -0.2) is 14.3 Å². The maximum atomic E-state index is 12.3. The lowest BCUT2D eigenvalue weighted by Gasteiger charge is -2.07. The highest BCUT2D eigenvalue weighted by molar-refractivity contribution is 7.89. The zero-order valence-corrected chi connectivity index (χ0v) is 14.3. The number of nitrogens with one attached hydrogen (secondary N) is 2. The SMILES string of the molecule is CC(=O)Nc1ccc(CNS(=O)(=O)c2cc(C)sc2C)cc1. The van der Waals surface area contributed by atoms with Crippen molar-refractivity contribution < 1.29 is 13.2 Å². The molecule has 0 aliphatic rings. The van der Waals surface area contributed by atoms with E-state index in [0.717, 1.165) is 15.3 Å². The number of anilines is 1. The van der Waals surface area contributed by atoms with E-state index < -0.39 is 10.0 Å². The second-order valence-electron chi connectivity index (χ2n) is 4.98. The van der Waals surface area contributed by atoms with Crippen molar-refractivity contribution in [2.75, 3.05) is 5.32 Å². The lowest BCUT2D eigenvalue weighted by atomic mass is 10.2. The van der Waals surface area contributed by atoms with Crippen molar-refractivity contribution in [3.8, 4) is 0 Å². The predicted octanol–water partition coefficient (Wildman–Crippen LogP) is 2.80. The van der Waals surface area contributed by atoms with Crippen LogP contribution in [0.25, 0.3) is 0 Å². The van der Waals surface area contributed by atoms with E-state index in [9.17, 15) is 13.2 Å². The van der Waals surface area contributed by atoms with Crippen LogP contribution in [0.15, 0.2) is 35.2 Å². The van der Waals surface area contributed by atoms with Crippen molar-refractivity contribution >= 4 is 33.0 Å². The first-order valence-corrected chi connectivity index (χ1v) is 9.01. The van der Waals surface area contributed by atoms with E-state index in [-0.39, 0.29) is 12.5 Å². The molecule has 0 spiro atoms. The summed E-state index contributed by atoms with van der Waals surface area (Å²) < 4.78 is 27.2. The minimum atomic E-state index is -3.51. The Balaban J connectivity index is 2.06. The fraction of sp³-hybridized carbons (Fsp3) is 0.267. The fourth-order valence-corrected chi connectivity index (χ4v) is 4.61. The molecule has 1 amide bonds. The third kappa shape index (κ3) is 4.16. The molecule has 2 N–H and O–H groups in total. The molecule has 0 unspecified atom stereocenters. The van der Waals surface area contributed by atoms with Crippen molar-refractivity contribution in [1.29, 1.82) is 0 Å². The number of thiophene rings is 1. The molecule has 5 nitrogen and oxygen atoms in total. The van der Waals surface area contributed by atoms with Crippen molar-refractivity contribution in [3.05, 3.63) is 45.6 Å². The molecule has 0 bridgehead atoms. The summed E-state index contributed by atoms with van der Waals surface area (Å²) in [5.74, 6) is -0.142. The van der Waals surface area contributed by atoms with Crippen LogP contribution in [0.5, 0.6) is 0 Å². The number of sulfonamides is 1. The van der Waals surface area contributed by atoms with Gasteiger partial charge in [0.25, 0.3) is 0 Å². The molecule has 1 aromatic heterocycles. The molecule has 1 heterocycles. The Hall–Kier alpha value is -1.70. The molecule has 2 aromatic rings. The average molecular weight is 338 g/mol. The smallest absolute Gasteiger partial charge is 0.241 e. The van der Waals surface area contributed by atoms with Gasteiger partial charge in [0.05, 0.1) is 4.90 Å². The molecule has 22 heavy (non-hydrogen) atoms. The number of amides is 1. The molecule has 1 aromatic carbocycles. The van der Waals surface area contributed by atoms with Gasteiger partial charge in [0, 0.05) is 28.9 Å². The standard InChI is InChI=1S/C15H18N2O3S2/c1-10-8-15(11(2)21-10)22(19,20)16-9-13-4-6-14(7-5-13)17-12(3)18/h4-8,16H,9H2,1-3H3,(H,17,18). The van der Waals surface area contributed by atoms with Crippen LogP contribution in [0.2, 0.25) is 0 Å². The Bertz CT molecular complexity index is 778. The summed E-state index contributed by atoms with van der Waals surface area (Å²) in [5, 5.41) is 2.66. The molecule has 0 saturated heterocycles. The highest BCUT2D eigenvalue weighted by atomic mass is 32.2. The number of carbonyl (C=O) groups is 1. The zero-order valence-electron chi connectivity index (χ0n) is 12.6. The van der Waals surface area contributed by atoms with Crippen LogP contribution < -0.4 is 10.0 Å². The summed E-state index contributed by atoms with van der Waals surface area (Å²) >= 11 is 1.47. The van der Waals surface area contributed by atoms with Crippen LogP contribution >= 0.6 is 11.3 Å². The highest BCUT2D eigenvalue weighted by Crippen LogP contribution is 2.24. The van der Waals surface area contributed by atoms with E-state index in [0.29, 0.717) is 10.6 Å². The van der Waals surface area contributed by atoms with E-state index in [1.807, 2.05) is 6.92 Å². The molecule has 2 rings (SSSR count). The monoisotopic (exact) mass is 338 g/mol. The minimum Gasteiger partial charge on any atom is -0.326 e. The summed E-state index contributed by atoms with van der Waals surface area (Å²) in [5.41, 5.74) is 1.51. The number of aryl methyl sites for hydroxylation is 2. The first-order valence-electron chi connectivity index (χ1n) is 6.71. The van der Waals surface area contributed by atoms with E-state index in [4.69, 9.17) is 0 Å². The van der Waals surface area contributed by atoms with Crippen LogP contribution in [0, 0.1) is 13.8 Å². The summed E-state index contributed by atoms with van der Waals surface area (Å²) in [6, 6.07) is 8.72. The Kier molecular flexibility index (Phi) is 5.00. The molecular formula is C15H18N2O3S2. The van der Waals surface area contributed by atoms with Crippen molar-refractivity contribution in [1.82, 2.24) is 4.72 Å². The van der Waals surface area contributed by atoms with E-state index in [2.05, 4.69) is 10.0 Å². The lowest BCUT2D eigenvalue weighted by Crippen LogP contribution is -2.23. The number of rotatable bonds is 5. The molecule has 0 fully saturated rings. The third-order valence-electron chi connectivity index (χ3n) is 3.03. The summed E-state index contributed by atoms with van der Waals surface area (Å²) in [4.78, 5) is 13.0. The number of carbonyl (C=O) groups excluding carboxylic acids is 1. The van der Waals surface area contributed by atoms with Crippen molar-refractivity contribution in [2.24, 2.45) is 0 Å². The van der Waals surface area contributed by atoms with E-state index in [1.165, 1.54) is 18.3 Å². The van der Waals surface area contributed by atoms with E-state index >= 15 is 0 Å². The zero-order chi connectivity index (χ0) is 16.3. The number of hydrogen-bond acceptors (Lipinski definition) is 4. The van der Waals surface area contributed by atoms with Crippen molar-refractivity contribution in [2.45, 2.75) is 32.2 Å². The molecule has 0 atom stereocenters. The van der Waals surface area contributed by atoms with Gasteiger partial charge in [0.2, 0.25) is 15.9 Å². The maximum Gasteiger partial charge on any atom is 0.241 e. The molecule has 118 valence electrons. The second kappa shape index (κ2) is 6.60. The number of benzene rings is 1. The minimum absolute atomic E-state index is 0.142. The average Bonchev–Trinajstić information content (AvgIpc) is 2.77. The Morgan fingerprint density at radius 3 is 2.32 bits per heavy atom. The first-order chi connectivity index (χ1) is 10.3. The maximum absolute atomic E-state index is 12.3. The Morgan fingerprint density at radius 2 is 1.82 bits per heavy atom. The molecule has 7 heteroatoms. The quantitative estimate of drug-likeness (QED) is 0.880. The van der Waals surface area contributed by atoms with Gasteiger partial charge in [0.15, 0.2) is 0 Å². The van der Waals surface area contributed by atoms with Gasteiger partial charge in [-0.1, -0.05) is 12.1 Å². The topological polar surface area (TPSA) is 75.3 Å². The highest BCUT2D eigenvalue weighted by Gasteiger charge is 2.18. The van der Waals surface area contributed by atoms with Crippen LogP contribution in [0.3, 0.4) is 0 Å².